The number of alkyl halides is 3. The van der Waals surface area contributed by atoms with Crippen molar-refractivity contribution >= 4 is 12.6 Å². The van der Waals surface area contributed by atoms with Gasteiger partial charge in [-0.1, -0.05) is 0 Å². The number of aromatic nitrogens is 2. The van der Waals surface area contributed by atoms with E-state index in [2.05, 4.69) is 37.7 Å². The molecule has 1 aromatic heterocycles. The smallest absolute Gasteiger partial charge is 0.399 e. The second-order valence-corrected chi connectivity index (χ2v) is 7.70. The van der Waals surface area contributed by atoms with Crippen LogP contribution in [-0.2, 0) is 9.31 Å². The first-order chi connectivity index (χ1) is 12.2. The van der Waals surface area contributed by atoms with Gasteiger partial charge in [0.05, 0.1) is 17.2 Å². The lowest BCUT2D eigenvalue weighted by Gasteiger charge is -2.32. The molecule has 0 N–H and O–H groups in total. The van der Waals surface area contributed by atoms with E-state index in [0.29, 0.717) is 12.6 Å². The van der Waals surface area contributed by atoms with Gasteiger partial charge in [-0.05, 0) is 40.5 Å². The predicted molar refractivity (Wildman–Crippen MR) is 95.7 cm³/mol. The Morgan fingerprint density at radius 2 is 1.65 bits per heavy atom. The molecule has 2 fully saturated rings. The summed E-state index contributed by atoms with van der Waals surface area (Å²) in [5.41, 5.74) is 0.296. The fourth-order valence-electron chi connectivity index (χ4n) is 3.18. The molecule has 2 aliphatic heterocycles. The van der Waals surface area contributed by atoms with Gasteiger partial charge in [0.25, 0.3) is 0 Å². The van der Waals surface area contributed by atoms with Crippen LogP contribution in [0.5, 0.6) is 0 Å². The zero-order chi connectivity index (χ0) is 19.4. The lowest BCUT2D eigenvalue weighted by molar-refractivity contribution is 0.00578. The monoisotopic (exact) mass is 375 g/mol. The fourth-order valence-corrected chi connectivity index (χ4v) is 3.18. The maximum absolute atomic E-state index is 12.4. The molecule has 0 saturated carbocycles. The summed E-state index contributed by atoms with van der Waals surface area (Å²) < 4.78 is 45.8. The molecule has 2 saturated heterocycles. The molecule has 0 aromatic carbocycles. The highest BCUT2D eigenvalue weighted by Crippen LogP contribution is 2.36. The van der Waals surface area contributed by atoms with Gasteiger partial charge in [0, 0.05) is 37.5 Å². The summed E-state index contributed by atoms with van der Waals surface area (Å²) in [6.07, 6.45) is 5.89. The van der Waals surface area contributed by atoms with Gasteiger partial charge in [-0.15, -0.1) is 0 Å². The van der Waals surface area contributed by atoms with Gasteiger partial charge >= 0.3 is 7.12 Å². The van der Waals surface area contributed by atoms with Crippen LogP contribution in [-0.4, -0.2) is 66.2 Å². The van der Waals surface area contributed by atoms with Crippen LogP contribution in [0, 0.1) is 0 Å². The Bertz CT molecular complexity index is 547. The quantitative estimate of drug-likeness (QED) is 0.759. The summed E-state index contributed by atoms with van der Waals surface area (Å²) in [5.74, 6) is 0. The van der Waals surface area contributed by atoms with Crippen molar-refractivity contribution in [3.8, 4) is 0 Å². The van der Waals surface area contributed by atoms with Crippen molar-refractivity contribution in [2.45, 2.75) is 57.8 Å². The van der Waals surface area contributed by atoms with E-state index in [1.165, 1.54) is 0 Å². The number of likely N-dealkylation sites (tertiary alicyclic amines) is 1. The van der Waals surface area contributed by atoms with Gasteiger partial charge < -0.3 is 14.2 Å². The Morgan fingerprint density at radius 3 is 2.15 bits per heavy atom. The predicted octanol–water partition coefficient (Wildman–Crippen LogP) is 2.67. The number of nitrogens with zero attached hydrogens (tertiary/aromatic N) is 3. The average Bonchev–Trinajstić information content (AvgIpc) is 3.12. The molecule has 3 heterocycles. The molecule has 0 atom stereocenters. The largest absolute Gasteiger partial charge is 0.498 e. The van der Waals surface area contributed by atoms with E-state index in [4.69, 9.17) is 9.31 Å². The van der Waals surface area contributed by atoms with Crippen molar-refractivity contribution in [2.75, 3.05) is 33.2 Å². The molecule has 26 heavy (non-hydrogen) atoms. The van der Waals surface area contributed by atoms with Gasteiger partial charge in [0.2, 0.25) is 6.93 Å². The van der Waals surface area contributed by atoms with E-state index in [0.717, 1.165) is 31.4 Å². The zero-order valence-corrected chi connectivity index (χ0v) is 16.1. The van der Waals surface area contributed by atoms with Crippen LogP contribution in [0.3, 0.4) is 0 Å². The highest BCUT2D eigenvalue weighted by Gasteiger charge is 2.52. The first kappa shape index (κ1) is 21.2. The molecular formula is C17H29BF3N3O2. The zero-order valence-electron chi connectivity index (χ0n) is 16.1. The van der Waals surface area contributed by atoms with Crippen molar-refractivity contribution in [2.24, 2.45) is 0 Å². The normalized spacial score (nSPS) is 23.0. The van der Waals surface area contributed by atoms with Gasteiger partial charge in [-0.2, -0.15) is 5.10 Å². The Kier molecular flexibility index (Phi) is 7.16. The molecule has 3 rings (SSSR count). The van der Waals surface area contributed by atoms with Gasteiger partial charge in [0.1, 0.15) is 6.67 Å². The van der Waals surface area contributed by atoms with E-state index < -0.39 is 6.93 Å². The number of hydrogen-bond donors (Lipinski definition) is 0. The second kappa shape index (κ2) is 8.76. The molecule has 1 aromatic rings. The van der Waals surface area contributed by atoms with Crippen molar-refractivity contribution in [1.82, 2.24) is 14.7 Å². The average molecular weight is 375 g/mol. The molecule has 0 radical (unpaired) electrons. The molecule has 148 valence electrons. The third kappa shape index (κ3) is 4.81. The summed E-state index contributed by atoms with van der Waals surface area (Å²) in [6, 6.07) is 0.377. The molecule has 0 unspecified atom stereocenters. The fraction of sp³-hybridized carbons (Fsp3) is 0.824. The Morgan fingerprint density at radius 1 is 1.12 bits per heavy atom. The van der Waals surface area contributed by atoms with Crippen LogP contribution in [0.1, 0.15) is 46.6 Å². The number of hydrogen-bond acceptors (Lipinski definition) is 4. The van der Waals surface area contributed by atoms with Crippen molar-refractivity contribution < 1.29 is 22.5 Å². The van der Waals surface area contributed by atoms with Crippen LogP contribution in [0.2, 0.25) is 0 Å². The summed E-state index contributed by atoms with van der Waals surface area (Å²) in [5, 5.41) is 4.52. The van der Waals surface area contributed by atoms with Crippen molar-refractivity contribution in [3.05, 3.63) is 12.4 Å². The first-order valence-electron chi connectivity index (χ1n) is 9.04. The summed E-state index contributed by atoms with van der Waals surface area (Å²) in [6.45, 7) is 8.61. The SMILES string of the molecule is CC1(C)OB(c2cnn(C3CCN(CCF)CC3)c2)OC1(C)C.FCF. The minimum Gasteiger partial charge on any atom is -0.399 e. The topological polar surface area (TPSA) is 39.5 Å². The van der Waals surface area contributed by atoms with Gasteiger partial charge in [-0.3, -0.25) is 4.68 Å². The first-order valence-corrected chi connectivity index (χ1v) is 9.04. The Hall–Kier alpha value is -1.06. The summed E-state index contributed by atoms with van der Waals surface area (Å²) in [4.78, 5) is 2.18. The Labute approximate surface area is 154 Å². The van der Waals surface area contributed by atoms with E-state index in [1.54, 1.807) is 0 Å². The maximum Gasteiger partial charge on any atom is 0.498 e. The molecule has 5 nitrogen and oxygen atoms in total. The molecular weight excluding hydrogens is 346 g/mol. The Balaban J connectivity index is 0.000000758. The molecule has 9 heteroatoms. The minimum absolute atomic E-state index is 0.265. The van der Waals surface area contributed by atoms with Crippen molar-refractivity contribution in [3.63, 3.8) is 0 Å². The number of rotatable bonds is 4. The van der Waals surface area contributed by atoms with Crippen LogP contribution in [0.4, 0.5) is 13.2 Å². The van der Waals surface area contributed by atoms with Crippen LogP contribution in [0.15, 0.2) is 12.4 Å². The van der Waals surface area contributed by atoms with E-state index in [1.807, 2.05) is 17.1 Å². The van der Waals surface area contributed by atoms with Crippen LogP contribution >= 0.6 is 0 Å². The van der Waals surface area contributed by atoms with E-state index >= 15 is 0 Å². The van der Waals surface area contributed by atoms with E-state index in [-0.39, 0.29) is 25.0 Å². The lowest BCUT2D eigenvalue weighted by atomic mass is 9.82. The van der Waals surface area contributed by atoms with Crippen molar-refractivity contribution in [1.29, 1.82) is 0 Å². The highest BCUT2D eigenvalue weighted by molar-refractivity contribution is 6.61. The lowest BCUT2D eigenvalue weighted by Crippen LogP contribution is -2.41. The van der Waals surface area contributed by atoms with Crippen LogP contribution < -0.4 is 5.46 Å². The molecule has 0 amide bonds. The minimum atomic E-state index is -1.75. The third-order valence-electron chi connectivity index (χ3n) is 5.48. The summed E-state index contributed by atoms with van der Waals surface area (Å²) in [7, 11) is -0.361. The summed E-state index contributed by atoms with van der Waals surface area (Å²) >= 11 is 0. The highest BCUT2D eigenvalue weighted by atomic mass is 19.3. The number of halogens is 3. The molecule has 2 aliphatic rings. The maximum atomic E-state index is 12.4. The third-order valence-corrected chi connectivity index (χ3v) is 5.48. The second-order valence-electron chi connectivity index (χ2n) is 7.70. The number of piperidine rings is 1. The standard InChI is InChI=1S/C16H27BFN3O2.CH2F2/c1-15(2)16(3,4)23-17(22-15)13-11-19-21(12-13)14-5-8-20(9-6-14)10-7-18;2-1-3/h11-12,14H,5-10H2,1-4H3;1H2. The molecule has 0 aliphatic carbocycles. The molecule has 0 spiro atoms. The van der Waals surface area contributed by atoms with Crippen LogP contribution in [0.25, 0.3) is 0 Å². The van der Waals surface area contributed by atoms with Gasteiger partial charge in [0.15, 0.2) is 0 Å². The van der Waals surface area contributed by atoms with E-state index in [9.17, 15) is 13.2 Å². The van der Waals surface area contributed by atoms with Gasteiger partial charge in [-0.25, -0.2) is 13.2 Å². The molecule has 0 bridgehead atoms.